The molecule has 0 bridgehead atoms. The summed E-state index contributed by atoms with van der Waals surface area (Å²) in [6, 6.07) is 36.4. The first-order chi connectivity index (χ1) is 20.2. The van der Waals surface area contributed by atoms with Crippen LogP contribution in [0.25, 0.3) is 0 Å². The summed E-state index contributed by atoms with van der Waals surface area (Å²) in [4.78, 5) is 17.2. The van der Waals surface area contributed by atoms with E-state index in [9.17, 15) is 0 Å². The standard InChI is InChI=1S/C36H38N2O3/c1-40-31-24-14-12-22-29(31)37-33(26-16-6-3-7-17-26)36(28-20-10-5-11-21-28)34(27-18-8-4-9-19-27)38(35(36)39)30-23-13-15-25-32(30)41-2/h3-4,6-9,12-19,22-25,28,33-34,37H,5,10-11,20-21H2,1-2H3/t33?,34-,36-/m0/s1. The molecule has 210 valence electrons. The van der Waals surface area contributed by atoms with Crippen molar-refractivity contribution >= 4 is 17.3 Å². The van der Waals surface area contributed by atoms with Gasteiger partial charge in [0, 0.05) is 0 Å². The van der Waals surface area contributed by atoms with Crippen LogP contribution in [0.15, 0.2) is 109 Å². The quantitative estimate of drug-likeness (QED) is 0.215. The summed E-state index contributed by atoms with van der Waals surface area (Å²) in [7, 11) is 3.37. The van der Waals surface area contributed by atoms with Gasteiger partial charge in [-0.25, -0.2) is 0 Å². The predicted molar refractivity (Wildman–Crippen MR) is 164 cm³/mol. The van der Waals surface area contributed by atoms with Crippen molar-refractivity contribution in [3.05, 3.63) is 120 Å². The second-order valence-electron chi connectivity index (χ2n) is 11.1. The van der Waals surface area contributed by atoms with Crippen molar-refractivity contribution in [2.75, 3.05) is 24.4 Å². The molecule has 2 aliphatic rings. The van der Waals surface area contributed by atoms with E-state index in [2.05, 4.69) is 53.8 Å². The third-order valence-electron chi connectivity index (χ3n) is 9.06. The lowest BCUT2D eigenvalue weighted by Gasteiger charge is -2.63. The monoisotopic (exact) mass is 546 g/mol. The van der Waals surface area contributed by atoms with Gasteiger partial charge in [0.15, 0.2) is 0 Å². The average molecular weight is 547 g/mol. The maximum atomic E-state index is 15.2. The number of benzene rings is 4. The minimum Gasteiger partial charge on any atom is -0.495 e. The summed E-state index contributed by atoms with van der Waals surface area (Å²) in [5, 5.41) is 3.88. The fraction of sp³-hybridized carbons (Fsp3) is 0.306. The molecule has 0 spiro atoms. The Morgan fingerprint density at radius 1 is 0.732 bits per heavy atom. The molecule has 5 nitrogen and oxygen atoms in total. The topological polar surface area (TPSA) is 50.8 Å². The van der Waals surface area contributed by atoms with E-state index in [0.717, 1.165) is 53.9 Å². The molecule has 3 atom stereocenters. The van der Waals surface area contributed by atoms with Gasteiger partial charge in [-0.3, -0.25) is 9.69 Å². The summed E-state index contributed by atoms with van der Waals surface area (Å²) in [6.45, 7) is 0. The number of rotatable bonds is 9. The number of anilines is 2. The molecule has 1 saturated heterocycles. The molecule has 1 saturated carbocycles. The zero-order valence-electron chi connectivity index (χ0n) is 23.8. The fourth-order valence-corrected chi connectivity index (χ4v) is 7.27. The van der Waals surface area contributed by atoms with Crippen molar-refractivity contribution in [2.24, 2.45) is 11.3 Å². The van der Waals surface area contributed by atoms with E-state index in [1.54, 1.807) is 14.2 Å². The molecular weight excluding hydrogens is 508 g/mol. The Kier molecular flexibility index (Phi) is 7.69. The molecule has 1 N–H and O–H groups in total. The molecule has 1 unspecified atom stereocenters. The van der Waals surface area contributed by atoms with Gasteiger partial charge in [-0.15, -0.1) is 0 Å². The van der Waals surface area contributed by atoms with E-state index in [1.165, 1.54) is 6.42 Å². The fourth-order valence-electron chi connectivity index (χ4n) is 7.27. The zero-order chi connectivity index (χ0) is 28.2. The minimum atomic E-state index is -0.731. The van der Waals surface area contributed by atoms with Crippen molar-refractivity contribution in [2.45, 2.75) is 44.2 Å². The van der Waals surface area contributed by atoms with Gasteiger partial charge in [-0.1, -0.05) is 104 Å². The van der Waals surface area contributed by atoms with Crippen molar-refractivity contribution < 1.29 is 14.3 Å². The highest BCUT2D eigenvalue weighted by Gasteiger charge is 2.69. The Morgan fingerprint density at radius 3 is 2.00 bits per heavy atom. The first-order valence-corrected chi connectivity index (χ1v) is 14.7. The number of β-lactam (4-membered cyclic amide) rings is 1. The normalized spacial score (nSPS) is 21.6. The number of hydrogen-bond acceptors (Lipinski definition) is 4. The van der Waals surface area contributed by atoms with Crippen LogP contribution in [-0.4, -0.2) is 20.1 Å². The van der Waals surface area contributed by atoms with Crippen molar-refractivity contribution in [3.8, 4) is 11.5 Å². The number of ether oxygens (including phenoxy) is 2. The zero-order valence-corrected chi connectivity index (χ0v) is 23.8. The molecule has 1 aliphatic heterocycles. The molecule has 1 aliphatic carbocycles. The Balaban J connectivity index is 1.60. The molecule has 0 radical (unpaired) electrons. The summed E-state index contributed by atoms with van der Waals surface area (Å²) in [6.07, 6.45) is 5.51. The molecule has 4 aromatic carbocycles. The van der Waals surface area contributed by atoms with Crippen LogP contribution in [0, 0.1) is 11.3 Å². The van der Waals surface area contributed by atoms with Crippen LogP contribution in [-0.2, 0) is 4.79 Å². The Morgan fingerprint density at radius 2 is 1.32 bits per heavy atom. The number of methoxy groups -OCH3 is 2. The molecule has 1 heterocycles. The van der Waals surface area contributed by atoms with E-state index in [1.807, 2.05) is 65.6 Å². The second kappa shape index (κ2) is 11.7. The lowest BCUT2D eigenvalue weighted by molar-refractivity contribution is -0.149. The van der Waals surface area contributed by atoms with Crippen LogP contribution in [0.1, 0.15) is 55.3 Å². The van der Waals surface area contributed by atoms with E-state index < -0.39 is 5.41 Å². The highest BCUT2D eigenvalue weighted by molar-refractivity contribution is 6.08. The number of carbonyl (C=O) groups excluding carboxylic acids is 1. The summed E-state index contributed by atoms with van der Waals surface area (Å²) in [5.74, 6) is 1.80. The molecule has 41 heavy (non-hydrogen) atoms. The summed E-state index contributed by atoms with van der Waals surface area (Å²) in [5.41, 5.74) is 3.19. The van der Waals surface area contributed by atoms with E-state index in [4.69, 9.17) is 9.47 Å². The number of hydrogen-bond donors (Lipinski definition) is 1. The third-order valence-corrected chi connectivity index (χ3v) is 9.06. The largest absolute Gasteiger partial charge is 0.495 e. The van der Waals surface area contributed by atoms with E-state index in [-0.39, 0.29) is 23.9 Å². The van der Waals surface area contributed by atoms with Crippen molar-refractivity contribution in [1.82, 2.24) is 0 Å². The SMILES string of the molecule is COc1ccccc1NC(c1ccccc1)[C@]1(C2CCCCC2)C(=O)N(c2ccccc2OC)[C@H]1c1ccccc1. The molecule has 0 aromatic heterocycles. The van der Waals surface area contributed by atoms with Gasteiger partial charge in [0.05, 0.1) is 37.7 Å². The third kappa shape index (κ3) is 4.63. The predicted octanol–water partition coefficient (Wildman–Crippen LogP) is 8.21. The van der Waals surface area contributed by atoms with Gasteiger partial charge < -0.3 is 14.8 Å². The highest BCUT2D eigenvalue weighted by atomic mass is 16.5. The minimum absolute atomic E-state index is 0.138. The molecule has 5 heteroatoms. The number of nitrogens with zero attached hydrogens (tertiary/aromatic N) is 1. The van der Waals surface area contributed by atoms with Crippen molar-refractivity contribution in [1.29, 1.82) is 0 Å². The van der Waals surface area contributed by atoms with Gasteiger partial charge in [-0.05, 0) is 54.2 Å². The highest BCUT2D eigenvalue weighted by Crippen LogP contribution is 2.66. The van der Waals surface area contributed by atoms with Crippen LogP contribution < -0.4 is 19.7 Å². The molecule has 4 aromatic rings. The van der Waals surface area contributed by atoms with Gasteiger partial charge in [0.2, 0.25) is 5.91 Å². The first kappa shape index (κ1) is 26.9. The average Bonchev–Trinajstić information content (AvgIpc) is 3.05. The number of carbonyl (C=O) groups is 1. The van der Waals surface area contributed by atoms with Crippen molar-refractivity contribution in [3.63, 3.8) is 0 Å². The van der Waals surface area contributed by atoms with Gasteiger partial charge in [-0.2, -0.15) is 0 Å². The smallest absolute Gasteiger partial charge is 0.239 e. The number of nitrogens with one attached hydrogen (secondary N) is 1. The first-order valence-electron chi connectivity index (χ1n) is 14.7. The van der Waals surface area contributed by atoms with Crippen LogP contribution in [0.5, 0.6) is 11.5 Å². The number of para-hydroxylation sites is 4. The van der Waals surface area contributed by atoms with E-state index >= 15 is 4.79 Å². The van der Waals surface area contributed by atoms with Gasteiger partial charge in [0.1, 0.15) is 16.9 Å². The molecule has 2 fully saturated rings. The van der Waals surface area contributed by atoms with E-state index in [0.29, 0.717) is 5.75 Å². The Bertz CT molecular complexity index is 1430. The molecule has 6 rings (SSSR count). The molecular formula is C36H38N2O3. The lowest BCUT2D eigenvalue weighted by Crippen LogP contribution is -2.70. The Hall–Kier alpha value is -4.25. The summed E-state index contributed by atoms with van der Waals surface area (Å²) < 4.78 is 11.6. The van der Waals surface area contributed by atoms with Crippen LogP contribution in [0.4, 0.5) is 11.4 Å². The van der Waals surface area contributed by atoms with Crippen LogP contribution >= 0.6 is 0 Å². The lowest BCUT2D eigenvalue weighted by atomic mass is 9.52. The summed E-state index contributed by atoms with van der Waals surface area (Å²) >= 11 is 0. The van der Waals surface area contributed by atoms with Crippen LogP contribution in [0.2, 0.25) is 0 Å². The maximum absolute atomic E-state index is 15.2. The number of amides is 1. The van der Waals surface area contributed by atoms with Crippen LogP contribution in [0.3, 0.4) is 0 Å². The second-order valence-corrected chi connectivity index (χ2v) is 11.1. The van der Waals surface area contributed by atoms with Gasteiger partial charge >= 0.3 is 0 Å². The maximum Gasteiger partial charge on any atom is 0.239 e. The van der Waals surface area contributed by atoms with Gasteiger partial charge in [0.25, 0.3) is 0 Å². The molecule has 1 amide bonds. The Labute approximate surface area is 243 Å².